The maximum Gasteiger partial charge on any atom is 0.313 e. The summed E-state index contributed by atoms with van der Waals surface area (Å²) in [7, 11) is 0. The van der Waals surface area contributed by atoms with Crippen molar-refractivity contribution >= 4 is 11.9 Å². The summed E-state index contributed by atoms with van der Waals surface area (Å²) in [6.45, 7) is 10.8. The van der Waals surface area contributed by atoms with E-state index < -0.39 is 0 Å². The Morgan fingerprint density at radius 1 is 1.10 bits per heavy atom. The highest BCUT2D eigenvalue weighted by molar-refractivity contribution is 5.79. The second kappa shape index (κ2) is 8.20. The number of ether oxygens (including phenoxy) is 2. The predicted octanol–water partition coefficient (Wildman–Crippen LogP) is 3.36. The van der Waals surface area contributed by atoms with Gasteiger partial charge < -0.3 is 9.47 Å². The van der Waals surface area contributed by atoms with E-state index >= 15 is 0 Å². The number of esters is 2. The fourth-order valence-corrected chi connectivity index (χ4v) is 2.23. The van der Waals surface area contributed by atoms with Crippen LogP contribution in [0.15, 0.2) is 11.6 Å². The summed E-state index contributed by atoms with van der Waals surface area (Å²) in [6, 6.07) is 0. The minimum Gasteiger partial charge on any atom is -0.465 e. The summed E-state index contributed by atoms with van der Waals surface area (Å²) in [5, 5.41) is 0. The molecule has 2 atom stereocenters. The Bertz CT molecular complexity index is 396. The van der Waals surface area contributed by atoms with Gasteiger partial charge in [-0.2, -0.15) is 0 Å². The summed E-state index contributed by atoms with van der Waals surface area (Å²) >= 11 is 0. The molecule has 0 aliphatic heterocycles. The SMILES string of the molecule is CC1=CCC(C(=O)OCC(C)C)CC1C(=O)OCC(C)C. The van der Waals surface area contributed by atoms with Gasteiger partial charge in [-0.05, 0) is 31.6 Å². The van der Waals surface area contributed by atoms with Crippen molar-refractivity contribution in [2.24, 2.45) is 23.7 Å². The molecule has 0 radical (unpaired) electrons. The van der Waals surface area contributed by atoms with E-state index in [4.69, 9.17) is 9.47 Å². The largest absolute Gasteiger partial charge is 0.465 e. The van der Waals surface area contributed by atoms with Crippen LogP contribution in [0.4, 0.5) is 0 Å². The molecule has 0 amide bonds. The van der Waals surface area contributed by atoms with Crippen LogP contribution >= 0.6 is 0 Å². The fraction of sp³-hybridized carbons (Fsp3) is 0.765. The zero-order valence-electron chi connectivity index (χ0n) is 13.8. The van der Waals surface area contributed by atoms with Crippen LogP contribution in [-0.2, 0) is 19.1 Å². The first kappa shape index (κ1) is 17.7. The van der Waals surface area contributed by atoms with Crippen molar-refractivity contribution in [1.29, 1.82) is 0 Å². The zero-order valence-corrected chi connectivity index (χ0v) is 13.8. The second-order valence-electron chi connectivity index (χ2n) is 6.72. The molecule has 0 aromatic heterocycles. The Kier molecular flexibility index (Phi) is 6.93. The summed E-state index contributed by atoms with van der Waals surface area (Å²) < 4.78 is 10.6. The molecule has 4 heteroatoms. The van der Waals surface area contributed by atoms with Gasteiger partial charge in [-0.1, -0.05) is 39.3 Å². The predicted molar refractivity (Wildman–Crippen MR) is 81.6 cm³/mol. The Hall–Kier alpha value is -1.32. The lowest BCUT2D eigenvalue weighted by atomic mass is 9.81. The molecule has 4 nitrogen and oxygen atoms in total. The van der Waals surface area contributed by atoms with Crippen LogP contribution in [-0.4, -0.2) is 25.2 Å². The van der Waals surface area contributed by atoms with Crippen molar-refractivity contribution in [2.45, 2.75) is 47.5 Å². The minimum atomic E-state index is -0.311. The Morgan fingerprint density at radius 3 is 2.14 bits per heavy atom. The third-order valence-electron chi connectivity index (χ3n) is 3.53. The van der Waals surface area contributed by atoms with Gasteiger partial charge in [-0.15, -0.1) is 0 Å². The van der Waals surface area contributed by atoms with Gasteiger partial charge in [0, 0.05) is 0 Å². The fourth-order valence-electron chi connectivity index (χ4n) is 2.23. The van der Waals surface area contributed by atoms with Gasteiger partial charge in [-0.3, -0.25) is 9.59 Å². The maximum absolute atomic E-state index is 12.1. The molecule has 0 spiro atoms. The lowest BCUT2D eigenvalue weighted by molar-refractivity contribution is -0.153. The third kappa shape index (κ3) is 5.90. The molecule has 2 unspecified atom stereocenters. The van der Waals surface area contributed by atoms with E-state index in [1.54, 1.807) is 0 Å². The van der Waals surface area contributed by atoms with Gasteiger partial charge in [0.05, 0.1) is 25.0 Å². The van der Waals surface area contributed by atoms with Gasteiger partial charge in [0.25, 0.3) is 0 Å². The van der Waals surface area contributed by atoms with Crippen molar-refractivity contribution in [2.75, 3.05) is 13.2 Å². The molecule has 0 saturated heterocycles. The first-order valence-corrected chi connectivity index (χ1v) is 7.81. The highest BCUT2D eigenvalue weighted by atomic mass is 16.5. The molecule has 120 valence electrons. The molecule has 0 aromatic rings. The molecule has 1 aliphatic carbocycles. The molecule has 0 N–H and O–H groups in total. The van der Waals surface area contributed by atoms with Crippen molar-refractivity contribution in [3.63, 3.8) is 0 Å². The molecule has 1 aliphatic rings. The summed E-state index contributed by atoms with van der Waals surface area (Å²) in [6.07, 6.45) is 3.11. The van der Waals surface area contributed by atoms with Crippen molar-refractivity contribution in [3.05, 3.63) is 11.6 Å². The topological polar surface area (TPSA) is 52.6 Å². The normalized spacial score (nSPS) is 22.1. The van der Waals surface area contributed by atoms with Gasteiger partial charge >= 0.3 is 11.9 Å². The molecule has 0 fully saturated rings. The van der Waals surface area contributed by atoms with E-state index in [1.165, 1.54) is 0 Å². The molecular weight excluding hydrogens is 268 g/mol. The summed E-state index contributed by atoms with van der Waals surface area (Å²) in [5.74, 6) is -0.332. The number of hydrogen-bond donors (Lipinski definition) is 0. The lowest BCUT2D eigenvalue weighted by Crippen LogP contribution is -2.30. The third-order valence-corrected chi connectivity index (χ3v) is 3.53. The highest BCUT2D eigenvalue weighted by Gasteiger charge is 2.33. The first-order valence-electron chi connectivity index (χ1n) is 7.81. The number of allylic oxidation sites excluding steroid dienone is 1. The van der Waals surface area contributed by atoms with E-state index in [9.17, 15) is 9.59 Å². The Labute approximate surface area is 127 Å². The maximum atomic E-state index is 12.1. The van der Waals surface area contributed by atoms with Crippen molar-refractivity contribution in [1.82, 2.24) is 0 Å². The lowest BCUT2D eigenvalue weighted by Gasteiger charge is -2.26. The van der Waals surface area contributed by atoms with E-state index in [1.807, 2.05) is 40.7 Å². The van der Waals surface area contributed by atoms with Crippen LogP contribution in [0.3, 0.4) is 0 Å². The molecule has 1 rings (SSSR count). The molecule has 21 heavy (non-hydrogen) atoms. The van der Waals surface area contributed by atoms with Crippen LogP contribution in [0.5, 0.6) is 0 Å². The van der Waals surface area contributed by atoms with Gasteiger partial charge in [0.2, 0.25) is 0 Å². The van der Waals surface area contributed by atoms with Crippen LogP contribution in [0.1, 0.15) is 47.5 Å². The van der Waals surface area contributed by atoms with Crippen LogP contribution < -0.4 is 0 Å². The minimum absolute atomic E-state index is 0.200. The molecule has 0 saturated carbocycles. The number of hydrogen-bond acceptors (Lipinski definition) is 4. The molecular formula is C17H28O4. The molecule has 0 aromatic carbocycles. The van der Waals surface area contributed by atoms with Crippen LogP contribution in [0.25, 0.3) is 0 Å². The Balaban J connectivity index is 2.58. The number of carbonyl (C=O) groups excluding carboxylic acids is 2. The van der Waals surface area contributed by atoms with Crippen molar-refractivity contribution in [3.8, 4) is 0 Å². The van der Waals surface area contributed by atoms with E-state index in [2.05, 4.69) is 0 Å². The number of rotatable bonds is 6. The van der Waals surface area contributed by atoms with Crippen LogP contribution in [0, 0.1) is 23.7 Å². The average Bonchev–Trinajstić information content (AvgIpc) is 2.42. The quantitative estimate of drug-likeness (QED) is 0.557. The Morgan fingerprint density at radius 2 is 1.62 bits per heavy atom. The standard InChI is InChI=1S/C17H28O4/c1-11(2)9-20-16(18)14-7-6-13(5)15(8-14)17(19)21-10-12(3)4/h6,11-12,14-15H,7-10H2,1-5H3. The zero-order chi connectivity index (χ0) is 16.0. The molecule has 0 heterocycles. The van der Waals surface area contributed by atoms with Gasteiger partial charge in [0.1, 0.15) is 0 Å². The first-order chi connectivity index (χ1) is 9.81. The van der Waals surface area contributed by atoms with E-state index in [0.29, 0.717) is 37.9 Å². The molecule has 0 bridgehead atoms. The number of carbonyl (C=O) groups is 2. The monoisotopic (exact) mass is 296 g/mol. The van der Waals surface area contributed by atoms with E-state index in [-0.39, 0.29) is 23.8 Å². The smallest absolute Gasteiger partial charge is 0.313 e. The van der Waals surface area contributed by atoms with Gasteiger partial charge in [0.15, 0.2) is 0 Å². The average molecular weight is 296 g/mol. The highest BCUT2D eigenvalue weighted by Crippen LogP contribution is 2.31. The van der Waals surface area contributed by atoms with E-state index in [0.717, 1.165) is 5.57 Å². The van der Waals surface area contributed by atoms with Crippen molar-refractivity contribution < 1.29 is 19.1 Å². The van der Waals surface area contributed by atoms with Gasteiger partial charge in [-0.25, -0.2) is 0 Å². The second-order valence-corrected chi connectivity index (χ2v) is 6.72. The summed E-state index contributed by atoms with van der Waals surface area (Å²) in [5.41, 5.74) is 0.997. The van der Waals surface area contributed by atoms with Crippen LogP contribution in [0.2, 0.25) is 0 Å². The summed E-state index contributed by atoms with van der Waals surface area (Å²) in [4.78, 5) is 24.2.